The van der Waals surface area contributed by atoms with Crippen molar-refractivity contribution < 1.29 is 13.2 Å². The van der Waals surface area contributed by atoms with Crippen molar-refractivity contribution in [3.8, 4) is 0 Å². The molecule has 19 heavy (non-hydrogen) atoms. The van der Waals surface area contributed by atoms with E-state index in [4.69, 9.17) is 0 Å². The maximum Gasteiger partial charge on any atom is 0.260 e. The third-order valence-corrected chi connectivity index (χ3v) is 4.35. The SMILES string of the molecule is CS(=O)(=O)N1CCN(C(=O)c2ccc[nH]c2=O)CC1. The van der Waals surface area contributed by atoms with Crippen LogP contribution >= 0.6 is 0 Å². The summed E-state index contributed by atoms with van der Waals surface area (Å²) < 4.78 is 24.0. The van der Waals surface area contributed by atoms with E-state index in [-0.39, 0.29) is 24.6 Å². The van der Waals surface area contributed by atoms with Crippen LogP contribution in [0.4, 0.5) is 0 Å². The number of H-pyrrole nitrogens is 1. The minimum Gasteiger partial charge on any atom is -0.336 e. The van der Waals surface area contributed by atoms with Gasteiger partial charge in [0.25, 0.3) is 11.5 Å². The molecule has 1 aromatic heterocycles. The first kappa shape index (κ1) is 13.8. The molecule has 8 heteroatoms. The Hall–Kier alpha value is -1.67. The largest absolute Gasteiger partial charge is 0.336 e. The minimum absolute atomic E-state index is 0.0790. The maximum absolute atomic E-state index is 12.1. The average Bonchev–Trinajstić information content (AvgIpc) is 2.38. The lowest BCUT2D eigenvalue weighted by Crippen LogP contribution is -2.50. The number of rotatable bonds is 2. The van der Waals surface area contributed by atoms with Crippen LogP contribution in [0.2, 0.25) is 0 Å². The first-order valence-corrected chi connectivity index (χ1v) is 7.66. The van der Waals surface area contributed by atoms with E-state index in [1.807, 2.05) is 0 Å². The van der Waals surface area contributed by atoms with Gasteiger partial charge in [-0.2, -0.15) is 4.31 Å². The third kappa shape index (κ3) is 3.02. The van der Waals surface area contributed by atoms with Gasteiger partial charge in [-0.15, -0.1) is 0 Å². The van der Waals surface area contributed by atoms with Gasteiger partial charge in [-0.3, -0.25) is 9.59 Å². The minimum atomic E-state index is -3.22. The molecule has 1 fully saturated rings. The number of aromatic nitrogens is 1. The standard InChI is InChI=1S/C11H15N3O4S/c1-19(17,18)14-7-5-13(6-8-14)11(16)9-3-2-4-12-10(9)15/h2-4H,5-8H2,1H3,(H,12,15). The Morgan fingerprint density at radius 3 is 2.42 bits per heavy atom. The number of nitrogens with zero attached hydrogens (tertiary/aromatic N) is 2. The molecule has 2 heterocycles. The van der Waals surface area contributed by atoms with E-state index in [2.05, 4.69) is 4.98 Å². The molecule has 0 radical (unpaired) electrons. The molecule has 0 saturated carbocycles. The van der Waals surface area contributed by atoms with Gasteiger partial charge in [0.1, 0.15) is 5.56 Å². The molecule has 0 aliphatic carbocycles. The van der Waals surface area contributed by atoms with Crippen molar-refractivity contribution in [2.24, 2.45) is 0 Å². The van der Waals surface area contributed by atoms with Gasteiger partial charge in [-0.05, 0) is 12.1 Å². The molecule has 1 aliphatic heterocycles. The van der Waals surface area contributed by atoms with Gasteiger partial charge in [0.2, 0.25) is 10.0 Å². The smallest absolute Gasteiger partial charge is 0.260 e. The van der Waals surface area contributed by atoms with E-state index >= 15 is 0 Å². The van der Waals surface area contributed by atoms with Gasteiger partial charge in [0.05, 0.1) is 6.26 Å². The highest BCUT2D eigenvalue weighted by Gasteiger charge is 2.27. The maximum atomic E-state index is 12.1. The molecule has 0 bridgehead atoms. The second-order valence-electron chi connectivity index (χ2n) is 4.37. The zero-order valence-corrected chi connectivity index (χ0v) is 11.3. The van der Waals surface area contributed by atoms with E-state index in [1.165, 1.54) is 21.5 Å². The number of pyridine rings is 1. The molecule has 0 unspecified atom stereocenters. The van der Waals surface area contributed by atoms with Gasteiger partial charge in [0, 0.05) is 32.4 Å². The molecule has 0 aromatic carbocycles. The van der Waals surface area contributed by atoms with Crippen LogP contribution in [0.5, 0.6) is 0 Å². The van der Waals surface area contributed by atoms with Crippen LogP contribution < -0.4 is 5.56 Å². The zero-order chi connectivity index (χ0) is 14.0. The van der Waals surface area contributed by atoms with Gasteiger partial charge in [-0.1, -0.05) is 0 Å². The van der Waals surface area contributed by atoms with Crippen molar-refractivity contribution in [2.75, 3.05) is 32.4 Å². The Labute approximate surface area is 110 Å². The van der Waals surface area contributed by atoms with E-state index in [0.29, 0.717) is 13.1 Å². The lowest BCUT2D eigenvalue weighted by Gasteiger charge is -2.33. The van der Waals surface area contributed by atoms with Crippen LogP contribution in [-0.2, 0) is 10.0 Å². The Morgan fingerprint density at radius 2 is 1.89 bits per heavy atom. The fourth-order valence-corrected chi connectivity index (χ4v) is 2.81. The van der Waals surface area contributed by atoms with Crippen LogP contribution in [0, 0.1) is 0 Å². The Kier molecular flexibility index (Phi) is 3.72. The topological polar surface area (TPSA) is 90.6 Å². The first-order chi connectivity index (χ1) is 8.89. The fraction of sp³-hybridized carbons (Fsp3) is 0.455. The second-order valence-corrected chi connectivity index (χ2v) is 6.35. The number of carbonyl (C=O) groups excluding carboxylic acids is 1. The predicted octanol–water partition coefficient (Wildman–Crippen LogP) is -0.908. The summed E-state index contributed by atoms with van der Waals surface area (Å²) in [6.07, 6.45) is 2.60. The average molecular weight is 285 g/mol. The lowest BCUT2D eigenvalue weighted by atomic mass is 10.2. The van der Waals surface area contributed by atoms with Crippen molar-refractivity contribution in [3.05, 3.63) is 34.2 Å². The van der Waals surface area contributed by atoms with Crippen LogP contribution in [0.15, 0.2) is 23.1 Å². The van der Waals surface area contributed by atoms with Crippen molar-refractivity contribution >= 4 is 15.9 Å². The second kappa shape index (κ2) is 5.14. The summed E-state index contributed by atoms with van der Waals surface area (Å²) in [7, 11) is -3.22. The molecule has 1 amide bonds. The third-order valence-electron chi connectivity index (χ3n) is 3.04. The number of hydrogen-bond acceptors (Lipinski definition) is 4. The zero-order valence-electron chi connectivity index (χ0n) is 10.5. The number of aromatic amines is 1. The van der Waals surface area contributed by atoms with E-state index in [9.17, 15) is 18.0 Å². The van der Waals surface area contributed by atoms with E-state index in [0.717, 1.165) is 6.26 Å². The van der Waals surface area contributed by atoms with E-state index < -0.39 is 15.6 Å². The summed E-state index contributed by atoms with van der Waals surface area (Å²) in [6.45, 7) is 1.10. The monoisotopic (exact) mass is 285 g/mol. The molecular weight excluding hydrogens is 270 g/mol. The molecule has 0 atom stereocenters. The number of piperazine rings is 1. The Balaban J connectivity index is 2.09. The highest BCUT2D eigenvalue weighted by molar-refractivity contribution is 7.88. The number of sulfonamides is 1. The highest BCUT2D eigenvalue weighted by atomic mass is 32.2. The summed E-state index contributed by atoms with van der Waals surface area (Å²) in [5, 5.41) is 0. The van der Waals surface area contributed by atoms with Gasteiger partial charge in [-0.25, -0.2) is 8.42 Å². The molecule has 1 N–H and O–H groups in total. The summed E-state index contributed by atoms with van der Waals surface area (Å²) in [5.41, 5.74) is -0.353. The fourth-order valence-electron chi connectivity index (χ4n) is 1.98. The molecule has 1 aliphatic rings. The summed E-state index contributed by atoms with van der Waals surface area (Å²) in [4.78, 5) is 27.6. The molecular formula is C11H15N3O4S. The van der Waals surface area contributed by atoms with Crippen LogP contribution in [0.3, 0.4) is 0 Å². The van der Waals surface area contributed by atoms with Crippen molar-refractivity contribution in [3.63, 3.8) is 0 Å². The summed E-state index contributed by atoms with van der Waals surface area (Å²) in [6, 6.07) is 3.05. The summed E-state index contributed by atoms with van der Waals surface area (Å²) >= 11 is 0. The number of hydrogen-bond donors (Lipinski definition) is 1. The highest BCUT2D eigenvalue weighted by Crippen LogP contribution is 2.08. The van der Waals surface area contributed by atoms with Crippen LogP contribution in [0.25, 0.3) is 0 Å². The van der Waals surface area contributed by atoms with Gasteiger partial charge in [0.15, 0.2) is 0 Å². The van der Waals surface area contributed by atoms with Crippen molar-refractivity contribution in [1.82, 2.24) is 14.2 Å². The van der Waals surface area contributed by atoms with Gasteiger partial charge >= 0.3 is 0 Å². The summed E-state index contributed by atoms with van der Waals surface area (Å²) in [5.74, 6) is -0.366. The molecule has 1 aromatic rings. The molecule has 7 nitrogen and oxygen atoms in total. The Morgan fingerprint density at radius 1 is 1.26 bits per heavy atom. The molecule has 0 spiro atoms. The molecule has 2 rings (SSSR count). The van der Waals surface area contributed by atoms with Gasteiger partial charge < -0.3 is 9.88 Å². The number of amides is 1. The van der Waals surface area contributed by atoms with Crippen LogP contribution in [-0.4, -0.2) is 60.9 Å². The number of carbonyl (C=O) groups is 1. The molecule has 104 valence electrons. The Bertz CT molecular complexity index is 629. The van der Waals surface area contributed by atoms with Crippen molar-refractivity contribution in [1.29, 1.82) is 0 Å². The van der Waals surface area contributed by atoms with Crippen molar-refractivity contribution in [2.45, 2.75) is 0 Å². The lowest BCUT2D eigenvalue weighted by molar-refractivity contribution is 0.0696. The number of nitrogens with one attached hydrogen (secondary N) is 1. The molecule has 1 saturated heterocycles. The first-order valence-electron chi connectivity index (χ1n) is 5.81. The predicted molar refractivity (Wildman–Crippen MR) is 69.4 cm³/mol. The quantitative estimate of drug-likeness (QED) is 0.762. The van der Waals surface area contributed by atoms with E-state index in [1.54, 1.807) is 6.07 Å². The normalized spacial score (nSPS) is 17.4. The van der Waals surface area contributed by atoms with Crippen LogP contribution in [0.1, 0.15) is 10.4 Å².